The fraction of sp³-hybridized carbons (Fsp3) is 0.143. The average Bonchev–Trinajstić information content (AvgIpc) is 2.51. The molecule has 1 aromatic rings. The molecule has 0 unspecified atom stereocenters. The number of rotatable bonds is 3. The van der Waals surface area contributed by atoms with Gasteiger partial charge in [0, 0.05) is 11.0 Å². The molecule has 0 atom stereocenters. The van der Waals surface area contributed by atoms with E-state index in [1.54, 1.807) is 12.1 Å². The van der Waals surface area contributed by atoms with Crippen LogP contribution in [0.3, 0.4) is 0 Å². The zero-order chi connectivity index (χ0) is 8.97. The Morgan fingerprint density at radius 2 is 2.58 bits per heavy atom. The molecular weight excluding hydrogens is 178 g/mol. The van der Waals surface area contributed by atoms with Gasteiger partial charge in [0.25, 0.3) is 5.70 Å². The number of aliphatic hydroxyl groups is 1. The van der Waals surface area contributed by atoms with Crippen molar-refractivity contribution in [3.63, 3.8) is 0 Å². The van der Waals surface area contributed by atoms with Gasteiger partial charge in [0.2, 0.25) is 0 Å². The standard InChI is InChI=1S/C7H7NO3S/c9-5-6(8(10)11)4-7-2-1-3-12-7/h1-4,9H,5H2/b6-4+. The highest BCUT2D eigenvalue weighted by Crippen LogP contribution is 2.13. The normalized spacial score (nSPS) is 11.6. The lowest BCUT2D eigenvalue weighted by atomic mass is 10.3. The van der Waals surface area contributed by atoms with Crippen LogP contribution in [-0.4, -0.2) is 16.6 Å². The molecular formula is C7H7NO3S. The minimum atomic E-state index is -0.584. The van der Waals surface area contributed by atoms with Gasteiger partial charge in [-0.15, -0.1) is 11.3 Å². The molecule has 0 radical (unpaired) electrons. The monoisotopic (exact) mass is 185 g/mol. The van der Waals surface area contributed by atoms with E-state index in [0.29, 0.717) is 0 Å². The molecule has 0 aromatic carbocycles. The molecule has 0 saturated heterocycles. The lowest BCUT2D eigenvalue weighted by molar-refractivity contribution is -0.428. The summed E-state index contributed by atoms with van der Waals surface area (Å²) in [5.74, 6) is 0. The van der Waals surface area contributed by atoms with Crippen LogP contribution < -0.4 is 0 Å². The first-order chi connectivity index (χ1) is 5.74. The Labute approximate surface area is 72.9 Å². The summed E-state index contributed by atoms with van der Waals surface area (Å²) in [6.45, 7) is -0.537. The number of hydrogen-bond acceptors (Lipinski definition) is 4. The van der Waals surface area contributed by atoms with Crippen LogP contribution >= 0.6 is 11.3 Å². The molecule has 0 aliphatic heterocycles. The second-order valence-corrected chi connectivity index (χ2v) is 3.05. The van der Waals surface area contributed by atoms with Crippen molar-refractivity contribution in [2.45, 2.75) is 0 Å². The van der Waals surface area contributed by atoms with E-state index in [4.69, 9.17) is 5.11 Å². The number of nitrogens with zero attached hydrogens (tertiary/aromatic N) is 1. The third-order valence-electron chi connectivity index (χ3n) is 1.25. The Kier molecular flexibility index (Phi) is 2.95. The maximum Gasteiger partial charge on any atom is 0.272 e. The van der Waals surface area contributed by atoms with E-state index in [0.717, 1.165) is 4.88 Å². The van der Waals surface area contributed by atoms with Crippen LogP contribution in [0.2, 0.25) is 0 Å². The molecule has 64 valence electrons. The predicted octanol–water partition coefficient (Wildman–Crippen LogP) is 1.36. The maximum atomic E-state index is 10.2. The summed E-state index contributed by atoms with van der Waals surface area (Å²) in [6.07, 6.45) is 1.37. The van der Waals surface area contributed by atoms with Gasteiger partial charge in [0.15, 0.2) is 0 Å². The topological polar surface area (TPSA) is 63.4 Å². The summed E-state index contributed by atoms with van der Waals surface area (Å²) in [5, 5.41) is 20.6. The predicted molar refractivity (Wildman–Crippen MR) is 46.4 cm³/mol. The van der Waals surface area contributed by atoms with Gasteiger partial charge in [-0.25, -0.2) is 0 Å². The molecule has 0 amide bonds. The van der Waals surface area contributed by atoms with Crippen molar-refractivity contribution in [1.29, 1.82) is 0 Å². The molecule has 0 aliphatic rings. The van der Waals surface area contributed by atoms with E-state index in [-0.39, 0.29) is 5.70 Å². The average molecular weight is 185 g/mol. The zero-order valence-corrected chi connectivity index (χ0v) is 6.95. The molecule has 5 heteroatoms. The summed E-state index contributed by atoms with van der Waals surface area (Å²) >= 11 is 1.39. The van der Waals surface area contributed by atoms with Crippen molar-refractivity contribution in [3.05, 3.63) is 38.2 Å². The minimum absolute atomic E-state index is 0.183. The third-order valence-corrected chi connectivity index (χ3v) is 2.07. The van der Waals surface area contributed by atoms with Crippen LogP contribution in [0, 0.1) is 10.1 Å². The molecule has 0 aliphatic carbocycles. The van der Waals surface area contributed by atoms with Crippen molar-refractivity contribution >= 4 is 17.4 Å². The number of hydrogen-bond donors (Lipinski definition) is 1. The van der Waals surface area contributed by atoms with Crippen molar-refractivity contribution in [1.82, 2.24) is 0 Å². The van der Waals surface area contributed by atoms with Gasteiger partial charge in [-0.1, -0.05) is 6.07 Å². The second-order valence-electron chi connectivity index (χ2n) is 2.07. The van der Waals surface area contributed by atoms with Crippen molar-refractivity contribution in [3.8, 4) is 0 Å². The molecule has 1 rings (SSSR count). The van der Waals surface area contributed by atoms with Crippen LogP contribution in [-0.2, 0) is 0 Å². The quantitative estimate of drug-likeness (QED) is 0.571. The third kappa shape index (κ3) is 2.14. The fourth-order valence-corrected chi connectivity index (χ4v) is 1.37. The van der Waals surface area contributed by atoms with E-state index < -0.39 is 11.5 Å². The highest BCUT2D eigenvalue weighted by Gasteiger charge is 2.07. The van der Waals surface area contributed by atoms with Crippen LogP contribution in [0.25, 0.3) is 6.08 Å². The smallest absolute Gasteiger partial charge is 0.272 e. The first kappa shape index (κ1) is 8.89. The van der Waals surface area contributed by atoms with E-state index in [9.17, 15) is 10.1 Å². The molecule has 12 heavy (non-hydrogen) atoms. The molecule has 0 spiro atoms. The van der Waals surface area contributed by atoms with Gasteiger partial charge in [-0.05, 0) is 11.4 Å². The van der Waals surface area contributed by atoms with Crippen LogP contribution in [0.5, 0.6) is 0 Å². The Morgan fingerprint density at radius 3 is 3.00 bits per heavy atom. The van der Waals surface area contributed by atoms with E-state index >= 15 is 0 Å². The lowest BCUT2D eigenvalue weighted by Gasteiger charge is -1.90. The number of nitro groups is 1. The number of aliphatic hydroxyl groups excluding tert-OH is 1. The molecule has 4 nitrogen and oxygen atoms in total. The van der Waals surface area contributed by atoms with Crippen LogP contribution in [0.4, 0.5) is 0 Å². The first-order valence-electron chi connectivity index (χ1n) is 3.23. The molecule has 0 bridgehead atoms. The highest BCUT2D eigenvalue weighted by molar-refractivity contribution is 7.10. The second kappa shape index (κ2) is 3.99. The Morgan fingerprint density at radius 1 is 1.83 bits per heavy atom. The summed E-state index contributed by atoms with van der Waals surface area (Å²) in [7, 11) is 0. The van der Waals surface area contributed by atoms with Crippen LogP contribution in [0.15, 0.2) is 23.2 Å². The maximum absolute atomic E-state index is 10.2. The van der Waals surface area contributed by atoms with Crippen LogP contribution in [0.1, 0.15) is 4.88 Å². The Hall–Kier alpha value is -1.20. The minimum Gasteiger partial charge on any atom is -0.385 e. The van der Waals surface area contributed by atoms with E-state index in [2.05, 4.69) is 0 Å². The summed E-state index contributed by atoms with van der Waals surface area (Å²) in [4.78, 5) is 10.4. The largest absolute Gasteiger partial charge is 0.385 e. The molecule has 0 saturated carbocycles. The van der Waals surface area contributed by atoms with E-state index in [1.165, 1.54) is 17.4 Å². The molecule has 0 fully saturated rings. The summed E-state index contributed by atoms with van der Waals surface area (Å²) < 4.78 is 0. The van der Waals surface area contributed by atoms with E-state index in [1.807, 2.05) is 5.38 Å². The number of thiophene rings is 1. The van der Waals surface area contributed by atoms with Gasteiger partial charge in [-0.3, -0.25) is 10.1 Å². The van der Waals surface area contributed by atoms with Crippen molar-refractivity contribution in [2.75, 3.05) is 6.61 Å². The molecule has 1 aromatic heterocycles. The van der Waals surface area contributed by atoms with Gasteiger partial charge >= 0.3 is 0 Å². The fourth-order valence-electron chi connectivity index (χ4n) is 0.694. The highest BCUT2D eigenvalue weighted by atomic mass is 32.1. The van der Waals surface area contributed by atoms with Gasteiger partial charge in [0.1, 0.15) is 6.61 Å². The SMILES string of the molecule is O=[N+]([O-])/C(=C/c1cccs1)CO. The van der Waals surface area contributed by atoms with Gasteiger partial charge < -0.3 is 5.11 Å². The van der Waals surface area contributed by atoms with Crippen molar-refractivity contribution < 1.29 is 10.0 Å². The van der Waals surface area contributed by atoms with Gasteiger partial charge in [0.05, 0.1) is 4.92 Å². The Balaban J connectivity index is 2.85. The van der Waals surface area contributed by atoms with Crippen molar-refractivity contribution in [2.24, 2.45) is 0 Å². The lowest BCUT2D eigenvalue weighted by Crippen LogP contribution is -2.02. The van der Waals surface area contributed by atoms with Gasteiger partial charge in [-0.2, -0.15) is 0 Å². The Bertz CT molecular complexity index is 292. The first-order valence-corrected chi connectivity index (χ1v) is 4.11. The summed E-state index contributed by atoms with van der Waals surface area (Å²) in [5.41, 5.74) is -0.183. The molecule has 1 heterocycles. The summed E-state index contributed by atoms with van der Waals surface area (Å²) in [6, 6.07) is 3.55. The molecule has 1 N–H and O–H groups in total. The zero-order valence-electron chi connectivity index (χ0n) is 6.14.